The topological polar surface area (TPSA) is 38.9 Å². The Hall–Kier alpha value is -2.35. The van der Waals surface area contributed by atoms with E-state index in [0.717, 1.165) is 18.4 Å². The average Bonchev–Trinajstić information content (AvgIpc) is 2.85. The molecule has 4 rings (SSSR count). The van der Waals surface area contributed by atoms with Crippen molar-refractivity contribution in [3.8, 4) is 11.1 Å². The molecule has 19 heavy (non-hydrogen) atoms. The summed E-state index contributed by atoms with van der Waals surface area (Å²) in [7, 11) is 0. The first-order valence-electron chi connectivity index (χ1n) is 6.58. The molecule has 0 atom stereocenters. The van der Waals surface area contributed by atoms with E-state index in [1.807, 2.05) is 12.1 Å². The molecule has 1 aliphatic rings. The van der Waals surface area contributed by atoms with Gasteiger partial charge in [-0.25, -0.2) is 4.98 Å². The maximum Gasteiger partial charge on any atom is 0.123 e. The molecule has 1 heterocycles. The second-order valence-electron chi connectivity index (χ2n) is 5.08. The van der Waals surface area contributed by atoms with E-state index in [1.165, 1.54) is 27.5 Å². The summed E-state index contributed by atoms with van der Waals surface area (Å²) in [5.74, 6) is 0.570. The van der Waals surface area contributed by atoms with E-state index >= 15 is 0 Å². The molecular formula is C17H14N2. The van der Waals surface area contributed by atoms with Gasteiger partial charge in [-0.2, -0.15) is 0 Å². The average molecular weight is 246 g/mol. The normalized spacial score (nSPS) is 13.1. The van der Waals surface area contributed by atoms with Crippen LogP contribution in [0.1, 0.15) is 11.1 Å². The van der Waals surface area contributed by atoms with Crippen molar-refractivity contribution in [3.05, 3.63) is 59.8 Å². The zero-order valence-corrected chi connectivity index (χ0v) is 10.6. The predicted molar refractivity (Wildman–Crippen MR) is 79.0 cm³/mol. The van der Waals surface area contributed by atoms with Gasteiger partial charge in [0.05, 0.1) is 0 Å². The third kappa shape index (κ3) is 1.53. The van der Waals surface area contributed by atoms with Crippen LogP contribution in [0.4, 0.5) is 5.82 Å². The number of aryl methyl sites for hydroxylation is 2. The zero-order valence-electron chi connectivity index (χ0n) is 10.6. The second kappa shape index (κ2) is 3.82. The van der Waals surface area contributed by atoms with E-state index in [-0.39, 0.29) is 0 Å². The highest BCUT2D eigenvalue weighted by Gasteiger charge is 2.16. The van der Waals surface area contributed by atoms with Gasteiger partial charge in [0.25, 0.3) is 0 Å². The van der Waals surface area contributed by atoms with Gasteiger partial charge >= 0.3 is 0 Å². The molecule has 1 aromatic heterocycles. The Balaban J connectivity index is 2.07. The van der Waals surface area contributed by atoms with Gasteiger partial charge < -0.3 is 5.73 Å². The lowest BCUT2D eigenvalue weighted by molar-refractivity contribution is 1.02. The molecule has 0 unspecified atom stereocenters. The Kier molecular flexibility index (Phi) is 2.12. The smallest absolute Gasteiger partial charge is 0.123 e. The Bertz CT molecular complexity index is 780. The predicted octanol–water partition coefficient (Wildman–Crippen LogP) is 3.58. The largest absolute Gasteiger partial charge is 0.384 e. The number of rotatable bonds is 1. The van der Waals surface area contributed by atoms with Crippen LogP contribution >= 0.6 is 0 Å². The SMILES string of the molecule is Nc1cc(-c2ccc3c4c(cccc24)CC3)ccn1. The molecule has 0 saturated heterocycles. The lowest BCUT2D eigenvalue weighted by Crippen LogP contribution is -1.90. The van der Waals surface area contributed by atoms with Crippen LogP contribution < -0.4 is 5.73 Å². The Morgan fingerprint density at radius 3 is 2.63 bits per heavy atom. The summed E-state index contributed by atoms with van der Waals surface area (Å²) in [4.78, 5) is 4.07. The first-order chi connectivity index (χ1) is 9.33. The number of aromatic nitrogens is 1. The van der Waals surface area contributed by atoms with Crippen molar-refractivity contribution in [3.63, 3.8) is 0 Å². The highest BCUT2D eigenvalue weighted by Crippen LogP contribution is 2.37. The van der Waals surface area contributed by atoms with E-state index in [1.54, 1.807) is 6.20 Å². The maximum atomic E-state index is 5.80. The first-order valence-corrected chi connectivity index (χ1v) is 6.58. The quantitative estimate of drug-likeness (QED) is 0.712. The van der Waals surface area contributed by atoms with Crippen LogP contribution in [0.2, 0.25) is 0 Å². The number of benzene rings is 2. The van der Waals surface area contributed by atoms with E-state index in [4.69, 9.17) is 5.73 Å². The summed E-state index contributed by atoms with van der Waals surface area (Å²) in [5, 5.41) is 2.77. The molecule has 2 heteroatoms. The minimum absolute atomic E-state index is 0.570. The van der Waals surface area contributed by atoms with Crippen molar-refractivity contribution >= 4 is 16.6 Å². The van der Waals surface area contributed by atoms with Crippen LogP contribution in [0.15, 0.2) is 48.7 Å². The molecule has 3 aromatic rings. The summed E-state index contributed by atoms with van der Waals surface area (Å²) in [6.07, 6.45) is 4.09. The van der Waals surface area contributed by atoms with E-state index in [0.29, 0.717) is 5.82 Å². The summed E-state index contributed by atoms with van der Waals surface area (Å²) < 4.78 is 0. The van der Waals surface area contributed by atoms with E-state index < -0.39 is 0 Å². The van der Waals surface area contributed by atoms with Crippen LogP contribution in [-0.4, -0.2) is 4.98 Å². The molecule has 0 fully saturated rings. The molecule has 2 aromatic carbocycles. The third-order valence-corrected chi connectivity index (χ3v) is 3.97. The lowest BCUT2D eigenvalue weighted by atomic mass is 9.96. The fraction of sp³-hybridized carbons (Fsp3) is 0.118. The summed E-state index contributed by atoms with van der Waals surface area (Å²) >= 11 is 0. The molecule has 0 aliphatic heterocycles. The molecular weight excluding hydrogens is 232 g/mol. The first kappa shape index (κ1) is 10.6. The monoisotopic (exact) mass is 246 g/mol. The summed E-state index contributed by atoms with van der Waals surface area (Å²) in [5.41, 5.74) is 11.1. The number of hydrogen-bond donors (Lipinski definition) is 1. The highest BCUT2D eigenvalue weighted by atomic mass is 14.8. The van der Waals surface area contributed by atoms with Crippen LogP contribution in [0.5, 0.6) is 0 Å². The van der Waals surface area contributed by atoms with Gasteiger partial charge in [0.15, 0.2) is 0 Å². The Labute approximate surface area is 111 Å². The molecule has 0 amide bonds. The number of hydrogen-bond acceptors (Lipinski definition) is 2. The second-order valence-corrected chi connectivity index (χ2v) is 5.08. The Morgan fingerprint density at radius 2 is 1.79 bits per heavy atom. The number of nitrogen functional groups attached to an aromatic ring is 1. The molecule has 2 nitrogen and oxygen atoms in total. The summed E-state index contributed by atoms with van der Waals surface area (Å²) in [6.45, 7) is 0. The van der Waals surface area contributed by atoms with Gasteiger partial charge in [-0.15, -0.1) is 0 Å². The van der Waals surface area contributed by atoms with Crippen molar-refractivity contribution < 1.29 is 0 Å². The molecule has 0 radical (unpaired) electrons. The fourth-order valence-corrected chi connectivity index (χ4v) is 3.11. The standard InChI is InChI=1S/C17H14N2/c18-16-10-13(8-9-19-16)14-7-6-12-5-4-11-2-1-3-15(14)17(11)12/h1-3,6-10H,4-5H2,(H2,18,19). The summed E-state index contributed by atoms with van der Waals surface area (Å²) in [6, 6.07) is 15.0. The van der Waals surface area contributed by atoms with E-state index in [9.17, 15) is 0 Å². The van der Waals surface area contributed by atoms with Crippen molar-refractivity contribution in [1.29, 1.82) is 0 Å². The minimum atomic E-state index is 0.570. The minimum Gasteiger partial charge on any atom is -0.384 e. The van der Waals surface area contributed by atoms with E-state index in [2.05, 4.69) is 35.3 Å². The third-order valence-electron chi connectivity index (χ3n) is 3.97. The van der Waals surface area contributed by atoms with Crippen molar-refractivity contribution in [2.75, 3.05) is 5.73 Å². The van der Waals surface area contributed by atoms with Crippen molar-refractivity contribution in [1.82, 2.24) is 4.98 Å². The van der Waals surface area contributed by atoms with Crippen LogP contribution in [0.3, 0.4) is 0 Å². The van der Waals surface area contributed by atoms with Crippen LogP contribution in [0.25, 0.3) is 21.9 Å². The lowest BCUT2D eigenvalue weighted by Gasteiger charge is -2.09. The van der Waals surface area contributed by atoms with Gasteiger partial charge in [0.1, 0.15) is 5.82 Å². The van der Waals surface area contributed by atoms with Crippen molar-refractivity contribution in [2.24, 2.45) is 0 Å². The fourth-order valence-electron chi connectivity index (χ4n) is 3.11. The molecule has 0 saturated carbocycles. The van der Waals surface area contributed by atoms with Gasteiger partial charge in [-0.05, 0) is 58.0 Å². The highest BCUT2D eigenvalue weighted by molar-refractivity contribution is 6.01. The van der Waals surface area contributed by atoms with Gasteiger partial charge in [-0.1, -0.05) is 30.3 Å². The van der Waals surface area contributed by atoms with Gasteiger partial charge in [0, 0.05) is 6.20 Å². The molecule has 1 aliphatic carbocycles. The number of pyridine rings is 1. The molecule has 0 bridgehead atoms. The zero-order chi connectivity index (χ0) is 12.8. The molecule has 2 N–H and O–H groups in total. The number of nitrogens with two attached hydrogens (primary N) is 1. The van der Waals surface area contributed by atoms with Crippen molar-refractivity contribution in [2.45, 2.75) is 12.8 Å². The molecule has 0 spiro atoms. The maximum absolute atomic E-state index is 5.80. The Morgan fingerprint density at radius 1 is 0.947 bits per heavy atom. The number of nitrogens with zero attached hydrogens (tertiary/aromatic N) is 1. The van der Waals surface area contributed by atoms with Gasteiger partial charge in [-0.3, -0.25) is 0 Å². The van der Waals surface area contributed by atoms with Crippen LogP contribution in [-0.2, 0) is 12.8 Å². The van der Waals surface area contributed by atoms with Gasteiger partial charge in [0.2, 0.25) is 0 Å². The molecule has 92 valence electrons. The van der Waals surface area contributed by atoms with Crippen LogP contribution in [0, 0.1) is 0 Å². The number of anilines is 1.